The Kier molecular flexibility index (Phi) is 5.51. The third-order valence-corrected chi connectivity index (χ3v) is 4.49. The molecular weight excluding hydrogens is 360 g/mol. The van der Waals surface area contributed by atoms with Crippen LogP contribution in [-0.4, -0.2) is 41.3 Å². The monoisotopic (exact) mass is 380 g/mol. The van der Waals surface area contributed by atoms with E-state index in [4.69, 9.17) is 4.42 Å². The Morgan fingerprint density at radius 1 is 1.39 bits per heavy atom. The molecule has 2 aromatic rings. The SMILES string of the molecule is OCC1CCCN(c2cc(NCCc3ccc(Br)o3)ncn2)C1. The molecule has 0 aliphatic carbocycles. The van der Waals surface area contributed by atoms with Gasteiger partial charge in [0.25, 0.3) is 0 Å². The highest BCUT2D eigenvalue weighted by atomic mass is 79.9. The maximum absolute atomic E-state index is 9.35. The van der Waals surface area contributed by atoms with Gasteiger partial charge >= 0.3 is 0 Å². The van der Waals surface area contributed by atoms with Crippen LogP contribution >= 0.6 is 15.9 Å². The fraction of sp³-hybridized carbons (Fsp3) is 0.500. The van der Waals surface area contributed by atoms with Gasteiger partial charge in [-0.3, -0.25) is 0 Å². The second kappa shape index (κ2) is 7.79. The standard InChI is InChI=1S/C16H21BrN4O2/c17-14-4-3-13(23-14)5-6-18-15-8-16(20-11-19-15)21-7-1-2-12(9-21)10-22/h3-4,8,11-12,22H,1-2,5-7,9-10H2,(H,18,19,20). The van der Waals surface area contributed by atoms with Crippen molar-refractivity contribution < 1.29 is 9.52 Å². The average molecular weight is 381 g/mol. The minimum absolute atomic E-state index is 0.241. The van der Waals surface area contributed by atoms with Crippen LogP contribution in [0.4, 0.5) is 11.6 Å². The average Bonchev–Trinajstić information content (AvgIpc) is 3.00. The first-order valence-electron chi connectivity index (χ1n) is 7.90. The van der Waals surface area contributed by atoms with E-state index in [-0.39, 0.29) is 6.61 Å². The fourth-order valence-corrected chi connectivity index (χ4v) is 3.18. The van der Waals surface area contributed by atoms with E-state index in [0.29, 0.717) is 5.92 Å². The van der Waals surface area contributed by atoms with Crippen molar-refractivity contribution in [1.29, 1.82) is 0 Å². The van der Waals surface area contributed by atoms with Crippen molar-refractivity contribution in [1.82, 2.24) is 9.97 Å². The molecule has 1 aliphatic rings. The predicted octanol–water partition coefficient (Wildman–Crippen LogP) is 2.70. The normalized spacial score (nSPS) is 18.2. The number of aromatic nitrogens is 2. The third-order valence-electron chi connectivity index (χ3n) is 4.06. The molecule has 3 heterocycles. The summed E-state index contributed by atoms with van der Waals surface area (Å²) in [6.45, 7) is 2.82. The van der Waals surface area contributed by atoms with E-state index < -0.39 is 0 Å². The van der Waals surface area contributed by atoms with Gasteiger partial charge in [-0.05, 0) is 46.8 Å². The van der Waals surface area contributed by atoms with Gasteiger partial charge in [0.05, 0.1) is 0 Å². The summed E-state index contributed by atoms with van der Waals surface area (Å²) in [6.07, 6.45) is 4.55. The summed E-state index contributed by atoms with van der Waals surface area (Å²) >= 11 is 3.30. The smallest absolute Gasteiger partial charge is 0.169 e. The molecule has 7 heteroatoms. The Morgan fingerprint density at radius 3 is 3.09 bits per heavy atom. The Bertz CT molecular complexity index is 634. The van der Waals surface area contributed by atoms with Crippen molar-refractivity contribution in [2.24, 2.45) is 5.92 Å². The summed E-state index contributed by atoms with van der Waals surface area (Å²) in [4.78, 5) is 10.9. The van der Waals surface area contributed by atoms with Gasteiger partial charge in [-0.25, -0.2) is 9.97 Å². The molecule has 6 nitrogen and oxygen atoms in total. The van der Waals surface area contributed by atoms with Crippen LogP contribution < -0.4 is 10.2 Å². The number of hydrogen-bond donors (Lipinski definition) is 2. The number of nitrogens with one attached hydrogen (secondary N) is 1. The molecule has 2 N–H and O–H groups in total. The first-order valence-corrected chi connectivity index (χ1v) is 8.70. The van der Waals surface area contributed by atoms with Crippen molar-refractivity contribution in [3.8, 4) is 0 Å². The highest BCUT2D eigenvalue weighted by molar-refractivity contribution is 9.10. The number of rotatable bonds is 6. The van der Waals surface area contributed by atoms with E-state index in [0.717, 1.165) is 61.0 Å². The number of hydrogen-bond acceptors (Lipinski definition) is 6. The van der Waals surface area contributed by atoms with Gasteiger partial charge in [-0.1, -0.05) is 0 Å². The number of halogens is 1. The van der Waals surface area contributed by atoms with Gasteiger partial charge in [0.15, 0.2) is 4.67 Å². The Labute approximate surface area is 144 Å². The molecule has 124 valence electrons. The van der Waals surface area contributed by atoms with Gasteiger partial charge in [0, 0.05) is 38.7 Å². The summed E-state index contributed by atoms with van der Waals surface area (Å²) in [5.41, 5.74) is 0. The summed E-state index contributed by atoms with van der Waals surface area (Å²) in [5.74, 6) is 3.00. The summed E-state index contributed by atoms with van der Waals surface area (Å²) in [7, 11) is 0. The zero-order chi connectivity index (χ0) is 16.1. The molecule has 1 unspecified atom stereocenters. The van der Waals surface area contributed by atoms with Crippen LogP contribution in [0.5, 0.6) is 0 Å². The fourth-order valence-electron chi connectivity index (χ4n) is 2.84. The van der Waals surface area contributed by atoms with Crippen molar-refractivity contribution in [2.75, 3.05) is 36.5 Å². The van der Waals surface area contributed by atoms with Crippen LogP contribution in [0.2, 0.25) is 0 Å². The van der Waals surface area contributed by atoms with Crippen LogP contribution in [0, 0.1) is 5.92 Å². The second-order valence-corrected chi connectivity index (χ2v) is 6.56. The zero-order valence-corrected chi connectivity index (χ0v) is 14.5. The number of nitrogens with zero attached hydrogens (tertiary/aromatic N) is 3. The number of piperidine rings is 1. The second-order valence-electron chi connectivity index (χ2n) is 5.78. The van der Waals surface area contributed by atoms with Crippen molar-refractivity contribution in [2.45, 2.75) is 19.3 Å². The largest absolute Gasteiger partial charge is 0.454 e. The summed E-state index contributed by atoms with van der Waals surface area (Å²) in [6, 6.07) is 5.82. The molecule has 2 aromatic heterocycles. The Balaban J connectivity index is 1.56. The lowest BCUT2D eigenvalue weighted by Gasteiger charge is -2.32. The number of anilines is 2. The highest BCUT2D eigenvalue weighted by Gasteiger charge is 2.20. The molecule has 0 spiro atoms. The van der Waals surface area contributed by atoms with E-state index in [1.165, 1.54) is 0 Å². The minimum Gasteiger partial charge on any atom is -0.454 e. The lowest BCUT2D eigenvalue weighted by molar-refractivity contribution is 0.208. The van der Waals surface area contributed by atoms with Crippen LogP contribution in [0.3, 0.4) is 0 Å². The summed E-state index contributed by atoms with van der Waals surface area (Å²) in [5, 5.41) is 12.7. The Morgan fingerprint density at radius 2 is 2.30 bits per heavy atom. The molecule has 0 amide bonds. The third kappa shape index (κ3) is 4.45. The van der Waals surface area contributed by atoms with Gasteiger partial charge < -0.3 is 19.7 Å². The molecular formula is C16H21BrN4O2. The molecule has 1 atom stereocenters. The molecule has 1 saturated heterocycles. The molecule has 0 saturated carbocycles. The maximum atomic E-state index is 9.35. The van der Waals surface area contributed by atoms with Gasteiger partial charge in [-0.2, -0.15) is 0 Å². The van der Waals surface area contributed by atoms with Crippen LogP contribution in [0.1, 0.15) is 18.6 Å². The Hall–Kier alpha value is -1.60. The van der Waals surface area contributed by atoms with E-state index in [1.807, 2.05) is 18.2 Å². The zero-order valence-electron chi connectivity index (χ0n) is 12.9. The van der Waals surface area contributed by atoms with E-state index in [2.05, 4.69) is 36.1 Å². The first-order chi connectivity index (χ1) is 11.2. The van der Waals surface area contributed by atoms with Crippen LogP contribution in [0.15, 0.2) is 33.6 Å². The predicted molar refractivity (Wildman–Crippen MR) is 92.7 cm³/mol. The lowest BCUT2D eigenvalue weighted by Crippen LogP contribution is -2.37. The van der Waals surface area contributed by atoms with Crippen molar-refractivity contribution >= 4 is 27.6 Å². The highest BCUT2D eigenvalue weighted by Crippen LogP contribution is 2.22. The van der Waals surface area contributed by atoms with Crippen molar-refractivity contribution in [3.05, 3.63) is 35.0 Å². The van der Waals surface area contributed by atoms with Gasteiger partial charge in [0.2, 0.25) is 0 Å². The maximum Gasteiger partial charge on any atom is 0.169 e. The topological polar surface area (TPSA) is 74.4 Å². The molecule has 0 radical (unpaired) electrons. The van der Waals surface area contributed by atoms with Crippen LogP contribution in [0.25, 0.3) is 0 Å². The molecule has 23 heavy (non-hydrogen) atoms. The number of aliphatic hydroxyl groups is 1. The molecule has 1 fully saturated rings. The molecule has 1 aliphatic heterocycles. The van der Waals surface area contributed by atoms with Crippen molar-refractivity contribution in [3.63, 3.8) is 0 Å². The number of aliphatic hydroxyl groups excluding tert-OH is 1. The van der Waals surface area contributed by atoms with E-state index in [1.54, 1.807) is 6.33 Å². The lowest BCUT2D eigenvalue weighted by atomic mass is 9.99. The molecule has 0 aromatic carbocycles. The van der Waals surface area contributed by atoms with Crippen LogP contribution in [-0.2, 0) is 6.42 Å². The van der Waals surface area contributed by atoms with E-state index >= 15 is 0 Å². The first kappa shape index (κ1) is 16.3. The minimum atomic E-state index is 0.241. The number of furan rings is 1. The van der Waals surface area contributed by atoms with Gasteiger partial charge in [0.1, 0.15) is 23.7 Å². The molecule has 0 bridgehead atoms. The van der Waals surface area contributed by atoms with E-state index in [9.17, 15) is 5.11 Å². The quantitative estimate of drug-likeness (QED) is 0.802. The summed E-state index contributed by atoms with van der Waals surface area (Å²) < 4.78 is 6.23. The molecule has 3 rings (SSSR count). The van der Waals surface area contributed by atoms with Gasteiger partial charge in [-0.15, -0.1) is 0 Å².